The zero-order chi connectivity index (χ0) is 13.4. The number of nitrogens with one attached hydrogen (secondary N) is 1. The van der Waals surface area contributed by atoms with Crippen LogP contribution < -0.4 is 5.32 Å². The average molecular weight is 275 g/mol. The standard InChI is InChI=1S/C16H19ClN2/c1-10-13(17)8-7-12-15(18-2)9-14(19-16(10)12)11-5-3-4-6-11/h7-9,11H,3-6H2,1-2H3,(H,18,19). The number of pyridine rings is 1. The van der Waals surface area contributed by atoms with Gasteiger partial charge >= 0.3 is 0 Å². The van der Waals surface area contributed by atoms with E-state index in [1.165, 1.54) is 31.4 Å². The van der Waals surface area contributed by atoms with Crippen molar-refractivity contribution in [1.82, 2.24) is 4.98 Å². The van der Waals surface area contributed by atoms with Gasteiger partial charge in [0.15, 0.2) is 0 Å². The van der Waals surface area contributed by atoms with E-state index >= 15 is 0 Å². The van der Waals surface area contributed by atoms with Crippen molar-refractivity contribution < 1.29 is 0 Å². The number of fused-ring (bicyclic) bond motifs is 1. The highest BCUT2D eigenvalue weighted by Gasteiger charge is 2.20. The lowest BCUT2D eigenvalue weighted by molar-refractivity contribution is 0.701. The van der Waals surface area contributed by atoms with Gasteiger partial charge in [0.1, 0.15) is 0 Å². The minimum atomic E-state index is 0.620. The summed E-state index contributed by atoms with van der Waals surface area (Å²) in [6.45, 7) is 2.05. The zero-order valence-corrected chi connectivity index (χ0v) is 12.2. The van der Waals surface area contributed by atoms with Gasteiger partial charge in [-0.25, -0.2) is 0 Å². The van der Waals surface area contributed by atoms with Gasteiger partial charge in [0.05, 0.1) is 5.52 Å². The predicted octanol–water partition coefficient (Wildman–Crippen LogP) is 4.90. The second-order valence-corrected chi connectivity index (χ2v) is 5.80. The summed E-state index contributed by atoms with van der Waals surface area (Å²) in [7, 11) is 1.97. The highest BCUT2D eigenvalue weighted by atomic mass is 35.5. The highest BCUT2D eigenvalue weighted by Crippen LogP contribution is 2.37. The molecule has 3 heteroatoms. The fourth-order valence-corrected chi connectivity index (χ4v) is 3.21. The molecule has 0 bridgehead atoms. The van der Waals surface area contributed by atoms with Crippen LogP contribution in [0.5, 0.6) is 0 Å². The summed E-state index contributed by atoms with van der Waals surface area (Å²) in [6.07, 6.45) is 5.18. The molecule has 0 spiro atoms. The van der Waals surface area contributed by atoms with Gasteiger partial charge in [-0.05, 0) is 43.5 Å². The Morgan fingerprint density at radius 1 is 1.26 bits per heavy atom. The van der Waals surface area contributed by atoms with E-state index < -0.39 is 0 Å². The van der Waals surface area contributed by atoms with Crippen molar-refractivity contribution in [3.05, 3.63) is 34.5 Å². The van der Waals surface area contributed by atoms with Crippen LogP contribution in [0.15, 0.2) is 18.2 Å². The highest BCUT2D eigenvalue weighted by molar-refractivity contribution is 6.32. The first-order valence-electron chi connectivity index (χ1n) is 6.98. The third-order valence-electron chi connectivity index (χ3n) is 4.23. The summed E-state index contributed by atoms with van der Waals surface area (Å²) in [6, 6.07) is 6.23. The normalized spacial score (nSPS) is 16.2. The van der Waals surface area contributed by atoms with E-state index in [0.29, 0.717) is 5.92 Å². The minimum absolute atomic E-state index is 0.620. The van der Waals surface area contributed by atoms with E-state index in [0.717, 1.165) is 27.2 Å². The Balaban J connectivity index is 2.22. The predicted molar refractivity (Wildman–Crippen MR) is 82.2 cm³/mol. The Morgan fingerprint density at radius 3 is 2.68 bits per heavy atom. The van der Waals surface area contributed by atoms with Gasteiger partial charge in [-0.2, -0.15) is 0 Å². The van der Waals surface area contributed by atoms with Gasteiger partial charge in [-0.1, -0.05) is 24.4 Å². The maximum Gasteiger partial charge on any atom is 0.0770 e. The van der Waals surface area contributed by atoms with Crippen LogP contribution in [-0.2, 0) is 0 Å². The monoisotopic (exact) mass is 274 g/mol. The Bertz CT molecular complexity index is 616. The number of nitrogens with zero attached hydrogens (tertiary/aromatic N) is 1. The van der Waals surface area contributed by atoms with Crippen LogP contribution in [0.4, 0.5) is 5.69 Å². The Morgan fingerprint density at radius 2 is 2.00 bits per heavy atom. The lowest BCUT2D eigenvalue weighted by atomic mass is 10.00. The summed E-state index contributed by atoms with van der Waals surface area (Å²) in [5.74, 6) is 0.620. The molecular weight excluding hydrogens is 256 g/mol. The number of hydrogen-bond donors (Lipinski definition) is 1. The molecule has 1 aromatic heterocycles. The molecule has 1 saturated carbocycles. The molecule has 0 unspecified atom stereocenters. The molecule has 0 saturated heterocycles. The number of anilines is 1. The van der Waals surface area contributed by atoms with Gasteiger partial charge in [0.2, 0.25) is 0 Å². The Kier molecular flexibility index (Phi) is 3.36. The van der Waals surface area contributed by atoms with Crippen molar-refractivity contribution in [3.8, 4) is 0 Å². The van der Waals surface area contributed by atoms with E-state index in [9.17, 15) is 0 Å². The molecule has 1 heterocycles. The maximum absolute atomic E-state index is 6.23. The van der Waals surface area contributed by atoms with Gasteiger partial charge in [0.25, 0.3) is 0 Å². The van der Waals surface area contributed by atoms with Crippen LogP contribution in [0.3, 0.4) is 0 Å². The smallest absolute Gasteiger partial charge is 0.0770 e. The topological polar surface area (TPSA) is 24.9 Å². The summed E-state index contributed by atoms with van der Waals surface area (Å²) >= 11 is 6.23. The summed E-state index contributed by atoms with van der Waals surface area (Å²) in [4.78, 5) is 4.90. The zero-order valence-electron chi connectivity index (χ0n) is 11.5. The van der Waals surface area contributed by atoms with E-state index in [-0.39, 0.29) is 0 Å². The first-order chi connectivity index (χ1) is 9.20. The lowest BCUT2D eigenvalue weighted by Gasteiger charge is -2.15. The summed E-state index contributed by atoms with van der Waals surface area (Å²) in [5, 5.41) is 5.25. The van der Waals surface area contributed by atoms with Crippen LogP contribution in [-0.4, -0.2) is 12.0 Å². The molecule has 1 fully saturated rings. The molecule has 0 atom stereocenters. The van der Waals surface area contributed by atoms with Crippen molar-refractivity contribution in [2.45, 2.75) is 38.5 Å². The molecule has 100 valence electrons. The minimum Gasteiger partial charge on any atom is -0.388 e. The molecule has 1 N–H and O–H groups in total. The molecule has 1 aliphatic carbocycles. The molecule has 3 rings (SSSR count). The van der Waals surface area contributed by atoms with E-state index in [2.05, 4.69) is 24.4 Å². The number of benzene rings is 1. The van der Waals surface area contributed by atoms with Crippen molar-refractivity contribution in [2.24, 2.45) is 0 Å². The molecular formula is C16H19ClN2. The third-order valence-corrected chi connectivity index (χ3v) is 4.64. The van der Waals surface area contributed by atoms with Gasteiger partial charge in [0, 0.05) is 34.8 Å². The third kappa shape index (κ3) is 2.18. The average Bonchev–Trinajstić information content (AvgIpc) is 2.96. The lowest BCUT2D eigenvalue weighted by Crippen LogP contribution is -2.01. The van der Waals surface area contributed by atoms with Gasteiger partial charge in [-0.3, -0.25) is 4.98 Å². The second-order valence-electron chi connectivity index (χ2n) is 5.39. The molecule has 19 heavy (non-hydrogen) atoms. The van der Waals surface area contributed by atoms with Crippen LogP contribution in [0.25, 0.3) is 10.9 Å². The molecule has 2 aromatic rings. The van der Waals surface area contributed by atoms with Crippen LogP contribution in [0.1, 0.15) is 42.9 Å². The fourth-order valence-electron chi connectivity index (χ4n) is 3.06. The molecule has 0 aliphatic heterocycles. The molecule has 0 amide bonds. The molecule has 1 aromatic carbocycles. The van der Waals surface area contributed by atoms with Gasteiger partial charge < -0.3 is 5.32 Å². The van der Waals surface area contributed by atoms with Crippen LogP contribution in [0.2, 0.25) is 5.02 Å². The number of aromatic nitrogens is 1. The van der Waals surface area contributed by atoms with Crippen molar-refractivity contribution in [3.63, 3.8) is 0 Å². The quantitative estimate of drug-likeness (QED) is 0.843. The van der Waals surface area contributed by atoms with E-state index in [4.69, 9.17) is 16.6 Å². The summed E-state index contributed by atoms with van der Waals surface area (Å²) < 4.78 is 0. The van der Waals surface area contributed by atoms with Crippen LogP contribution in [0, 0.1) is 6.92 Å². The first kappa shape index (κ1) is 12.7. The second kappa shape index (κ2) is 5.01. The van der Waals surface area contributed by atoms with E-state index in [1.807, 2.05) is 13.1 Å². The molecule has 1 aliphatic rings. The SMILES string of the molecule is CNc1cc(C2CCCC2)nc2c(C)c(Cl)ccc12. The number of hydrogen-bond acceptors (Lipinski definition) is 2. The molecule has 0 radical (unpaired) electrons. The number of halogens is 1. The number of aryl methyl sites for hydroxylation is 1. The van der Waals surface area contributed by atoms with Crippen LogP contribution >= 0.6 is 11.6 Å². The number of rotatable bonds is 2. The van der Waals surface area contributed by atoms with Crippen molar-refractivity contribution in [2.75, 3.05) is 12.4 Å². The van der Waals surface area contributed by atoms with E-state index in [1.54, 1.807) is 0 Å². The maximum atomic E-state index is 6.23. The Hall–Kier alpha value is -1.28. The van der Waals surface area contributed by atoms with Crippen molar-refractivity contribution in [1.29, 1.82) is 0 Å². The largest absolute Gasteiger partial charge is 0.388 e. The first-order valence-corrected chi connectivity index (χ1v) is 7.36. The van der Waals surface area contributed by atoms with Crippen molar-refractivity contribution >= 4 is 28.2 Å². The van der Waals surface area contributed by atoms with Gasteiger partial charge in [-0.15, -0.1) is 0 Å². The fraction of sp³-hybridized carbons (Fsp3) is 0.438. The summed E-state index contributed by atoms with van der Waals surface area (Å²) in [5.41, 5.74) is 4.50. The Labute approximate surface area is 119 Å². The molecule has 2 nitrogen and oxygen atoms in total.